The second-order valence-corrected chi connectivity index (χ2v) is 4.55. The lowest BCUT2D eigenvalue weighted by molar-refractivity contribution is 0.648. The third-order valence-electron chi connectivity index (χ3n) is 3.65. The zero-order chi connectivity index (χ0) is 10.3. The molecule has 1 aromatic carbocycles. The standard InChI is InChI=1S/C14H17N/c1-11-12-7-4-5-9-14(12)15-10-6-2-3-8-13(11)15/h4-5,7,9H,2-3,6,8,10H2,1H3. The van der Waals surface area contributed by atoms with Crippen LogP contribution in [0.15, 0.2) is 24.3 Å². The quantitative estimate of drug-likeness (QED) is 0.610. The maximum atomic E-state index is 2.54. The SMILES string of the molecule is Cc1c2n(c3ccccc13)CCCCC2. The first-order chi connectivity index (χ1) is 7.38. The number of rotatable bonds is 0. The van der Waals surface area contributed by atoms with Crippen molar-refractivity contribution in [3.8, 4) is 0 Å². The minimum Gasteiger partial charge on any atom is -0.344 e. The highest BCUT2D eigenvalue weighted by Gasteiger charge is 2.14. The van der Waals surface area contributed by atoms with Crippen molar-refractivity contribution < 1.29 is 0 Å². The highest BCUT2D eigenvalue weighted by molar-refractivity contribution is 5.85. The van der Waals surface area contributed by atoms with E-state index in [1.165, 1.54) is 48.7 Å². The molecule has 15 heavy (non-hydrogen) atoms. The Morgan fingerprint density at radius 2 is 1.93 bits per heavy atom. The van der Waals surface area contributed by atoms with Crippen LogP contribution in [0.25, 0.3) is 10.9 Å². The summed E-state index contributed by atoms with van der Waals surface area (Å²) in [6, 6.07) is 8.82. The van der Waals surface area contributed by atoms with Crippen LogP contribution in [-0.4, -0.2) is 4.57 Å². The molecule has 0 saturated heterocycles. The summed E-state index contributed by atoms with van der Waals surface area (Å²) in [6.07, 6.45) is 5.35. The van der Waals surface area contributed by atoms with Gasteiger partial charge in [0, 0.05) is 23.1 Å². The van der Waals surface area contributed by atoms with Gasteiger partial charge in [0.25, 0.3) is 0 Å². The topological polar surface area (TPSA) is 4.93 Å². The van der Waals surface area contributed by atoms with Gasteiger partial charge in [0.05, 0.1) is 0 Å². The van der Waals surface area contributed by atoms with Crippen molar-refractivity contribution in [1.82, 2.24) is 4.57 Å². The fourth-order valence-electron chi connectivity index (χ4n) is 2.85. The second kappa shape index (κ2) is 3.41. The smallest absolute Gasteiger partial charge is 0.0485 e. The van der Waals surface area contributed by atoms with Crippen LogP contribution in [0, 0.1) is 6.92 Å². The highest BCUT2D eigenvalue weighted by Crippen LogP contribution is 2.29. The third kappa shape index (κ3) is 1.30. The number of fused-ring (bicyclic) bond motifs is 3. The van der Waals surface area contributed by atoms with Crippen molar-refractivity contribution in [3.05, 3.63) is 35.5 Å². The molecule has 0 aliphatic carbocycles. The molecule has 2 aromatic rings. The summed E-state index contributed by atoms with van der Waals surface area (Å²) in [7, 11) is 0. The Balaban J connectivity index is 2.32. The van der Waals surface area contributed by atoms with Crippen LogP contribution in [0.2, 0.25) is 0 Å². The summed E-state index contributed by atoms with van der Waals surface area (Å²) < 4.78 is 2.54. The monoisotopic (exact) mass is 199 g/mol. The third-order valence-corrected chi connectivity index (χ3v) is 3.65. The van der Waals surface area contributed by atoms with E-state index in [9.17, 15) is 0 Å². The van der Waals surface area contributed by atoms with Gasteiger partial charge in [-0.05, 0) is 37.8 Å². The van der Waals surface area contributed by atoms with Gasteiger partial charge in [-0.2, -0.15) is 0 Å². The molecule has 0 unspecified atom stereocenters. The van der Waals surface area contributed by atoms with Crippen LogP contribution in [0.5, 0.6) is 0 Å². The molecule has 0 radical (unpaired) electrons. The van der Waals surface area contributed by atoms with Gasteiger partial charge >= 0.3 is 0 Å². The molecule has 0 atom stereocenters. The van der Waals surface area contributed by atoms with Gasteiger partial charge < -0.3 is 4.57 Å². The lowest BCUT2D eigenvalue weighted by Crippen LogP contribution is -1.99. The molecule has 0 spiro atoms. The number of hydrogen-bond donors (Lipinski definition) is 0. The maximum Gasteiger partial charge on any atom is 0.0485 e. The largest absolute Gasteiger partial charge is 0.344 e. The molecule has 1 aliphatic heterocycles. The zero-order valence-electron chi connectivity index (χ0n) is 9.29. The molecule has 2 heterocycles. The molecule has 1 aliphatic rings. The average Bonchev–Trinajstić information content (AvgIpc) is 2.48. The average molecular weight is 199 g/mol. The maximum absolute atomic E-state index is 2.54. The second-order valence-electron chi connectivity index (χ2n) is 4.55. The van der Waals surface area contributed by atoms with E-state index >= 15 is 0 Å². The van der Waals surface area contributed by atoms with Gasteiger partial charge in [-0.3, -0.25) is 0 Å². The molecule has 0 saturated carbocycles. The Hall–Kier alpha value is -1.24. The van der Waals surface area contributed by atoms with Crippen LogP contribution in [0.4, 0.5) is 0 Å². The van der Waals surface area contributed by atoms with E-state index in [0.29, 0.717) is 0 Å². The molecule has 3 rings (SSSR count). The lowest BCUT2D eigenvalue weighted by Gasteiger charge is -2.05. The van der Waals surface area contributed by atoms with E-state index in [2.05, 4.69) is 35.8 Å². The molecule has 0 N–H and O–H groups in total. The summed E-state index contributed by atoms with van der Waals surface area (Å²) in [6.45, 7) is 3.49. The predicted octanol–water partition coefficient (Wildman–Crippen LogP) is 3.68. The Kier molecular flexibility index (Phi) is 2.05. The number of benzene rings is 1. The van der Waals surface area contributed by atoms with Gasteiger partial charge in [-0.1, -0.05) is 24.6 Å². The summed E-state index contributed by atoms with van der Waals surface area (Å²) in [5, 5.41) is 1.45. The number of para-hydroxylation sites is 1. The van der Waals surface area contributed by atoms with Gasteiger partial charge in [0.2, 0.25) is 0 Å². The fourth-order valence-corrected chi connectivity index (χ4v) is 2.85. The Bertz CT molecular complexity index is 493. The van der Waals surface area contributed by atoms with Gasteiger partial charge in [-0.25, -0.2) is 0 Å². The van der Waals surface area contributed by atoms with Gasteiger partial charge in [-0.15, -0.1) is 0 Å². The van der Waals surface area contributed by atoms with Crippen molar-refractivity contribution in [1.29, 1.82) is 0 Å². The first-order valence-corrected chi connectivity index (χ1v) is 5.94. The molecule has 0 amide bonds. The van der Waals surface area contributed by atoms with Crippen molar-refractivity contribution >= 4 is 10.9 Å². The van der Waals surface area contributed by atoms with Crippen molar-refractivity contribution in [3.63, 3.8) is 0 Å². The Morgan fingerprint density at radius 3 is 2.87 bits per heavy atom. The van der Waals surface area contributed by atoms with E-state index in [4.69, 9.17) is 0 Å². The first kappa shape index (κ1) is 9.02. The van der Waals surface area contributed by atoms with E-state index in [1.54, 1.807) is 5.69 Å². The summed E-state index contributed by atoms with van der Waals surface area (Å²) in [5.41, 5.74) is 4.52. The van der Waals surface area contributed by atoms with E-state index < -0.39 is 0 Å². The van der Waals surface area contributed by atoms with E-state index in [1.807, 2.05) is 0 Å². The molecule has 1 aromatic heterocycles. The van der Waals surface area contributed by atoms with Crippen molar-refractivity contribution in [2.75, 3.05) is 0 Å². The molecule has 0 fully saturated rings. The zero-order valence-corrected chi connectivity index (χ0v) is 9.29. The molecular weight excluding hydrogens is 182 g/mol. The van der Waals surface area contributed by atoms with Gasteiger partial charge in [0.15, 0.2) is 0 Å². The van der Waals surface area contributed by atoms with Crippen LogP contribution in [-0.2, 0) is 13.0 Å². The minimum atomic E-state index is 1.21. The predicted molar refractivity (Wildman–Crippen MR) is 64.2 cm³/mol. The number of aryl methyl sites for hydroxylation is 2. The Morgan fingerprint density at radius 1 is 1.07 bits per heavy atom. The Labute approximate surface area is 90.7 Å². The minimum absolute atomic E-state index is 1.21. The van der Waals surface area contributed by atoms with Crippen LogP contribution in [0.1, 0.15) is 30.5 Å². The first-order valence-electron chi connectivity index (χ1n) is 5.94. The number of nitrogens with zero attached hydrogens (tertiary/aromatic N) is 1. The lowest BCUT2D eigenvalue weighted by atomic mass is 10.1. The van der Waals surface area contributed by atoms with Gasteiger partial charge in [0.1, 0.15) is 0 Å². The fraction of sp³-hybridized carbons (Fsp3) is 0.429. The highest BCUT2D eigenvalue weighted by atomic mass is 15.0. The number of hydrogen-bond acceptors (Lipinski definition) is 0. The summed E-state index contributed by atoms with van der Waals surface area (Å²) in [4.78, 5) is 0. The molecule has 1 heteroatoms. The summed E-state index contributed by atoms with van der Waals surface area (Å²) in [5.74, 6) is 0. The van der Waals surface area contributed by atoms with E-state index in [0.717, 1.165) is 0 Å². The van der Waals surface area contributed by atoms with Crippen LogP contribution < -0.4 is 0 Å². The molecule has 1 nitrogen and oxygen atoms in total. The van der Waals surface area contributed by atoms with E-state index in [-0.39, 0.29) is 0 Å². The van der Waals surface area contributed by atoms with Crippen LogP contribution >= 0.6 is 0 Å². The number of aromatic nitrogens is 1. The molecule has 0 bridgehead atoms. The molecule has 78 valence electrons. The summed E-state index contributed by atoms with van der Waals surface area (Å²) >= 11 is 0. The molecular formula is C14H17N. The van der Waals surface area contributed by atoms with Crippen LogP contribution in [0.3, 0.4) is 0 Å². The van der Waals surface area contributed by atoms with Crippen molar-refractivity contribution in [2.24, 2.45) is 0 Å². The van der Waals surface area contributed by atoms with Crippen molar-refractivity contribution in [2.45, 2.75) is 39.2 Å². The normalized spacial score (nSPS) is 16.3.